The Bertz CT molecular complexity index is 562. The number of benzene rings is 2. The number of rotatable bonds is 2. The zero-order valence-corrected chi connectivity index (χ0v) is 9.55. The highest BCUT2D eigenvalue weighted by molar-refractivity contribution is 5.93. The Morgan fingerprint density at radius 2 is 0.950 bits per heavy atom. The van der Waals surface area contributed by atoms with Crippen LogP contribution in [0.4, 0.5) is 26.3 Å². The molecule has 2 aromatic rings. The fourth-order valence-electron chi connectivity index (χ4n) is 1.68. The predicted octanol–water partition coefficient (Wildman–Crippen LogP) is 4.64. The Hall–Kier alpha value is -2.12. The molecule has 0 aromatic heterocycles. The average molecular weight is 296 g/mol. The fraction of sp³-hybridized carbons (Fsp3) is 0.167. The third-order valence-electron chi connectivity index (χ3n) is 2.29. The van der Waals surface area contributed by atoms with E-state index in [-0.39, 0.29) is 10.8 Å². The first-order valence-corrected chi connectivity index (χ1v) is 5.19. The number of ether oxygens (including phenoxy) is 2. The van der Waals surface area contributed by atoms with E-state index in [9.17, 15) is 26.3 Å². The lowest BCUT2D eigenvalue weighted by Gasteiger charge is -2.14. The Morgan fingerprint density at radius 1 is 0.600 bits per heavy atom. The van der Waals surface area contributed by atoms with Gasteiger partial charge in [-0.1, -0.05) is 24.3 Å². The van der Waals surface area contributed by atoms with Crippen LogP contribution in [-0.4, -0.2) is 12.7 Å². The second-order valence-corrected chi connectivity index (χ2v) is 3.70. The molecular formula is C12H6F6O2. The molecule has 0 N–H and O–H groups in total. The van der Waals surface area contributed by atoms with E-state index in [1.807, 2.05) is 0 Å². The van der Waals surface area contributed by atoms with E-state index in [0.717, 1.165) is 24.3 Å². The molecule has 0 atom stereocenters. The summed E-state index contributed by atoms with van der Waals surface area (Å²) < 4.78 is 80.8. The van der Waals surface area contributed by atoms with Crippen molar-refractivity contribution in [2.75, 3.05) is 0 Å². The highest BCUT2D eigenvalue weighted by Gasteiger charge is 2.33. The lowest BCUT2D eigenvalue weighted by atomic mass is 10.1. The van der Waals surface area contributed by atoms with Gasteiger partial charge in [0.15, 0.2) is 0 Å². The van der Waals surface area contributed by atoms with Crippen LogP contribution in [-0.2, 0) is 0 Å². The predicted molar refractivity (Wildman–Crippen MR) is 57.3 cm³/mol. The van der Waals surface area contributed by atoms with Gasteiger partial charge in [0.1, 0.15) is 11.5 Å². The van der Waals surface area contributed by atoms with E-state index in [0.29, 0.717) is 0 Å². The molecule has 8 heteroatoms. The molecule has 0 saturated heterocycles. The van der Waals surface area contributed by atoms with Crippen LogP contribution in [0.25, 0.3) is 10.8 Å². The highest BCUT2D eigenvalue weighted by atomic mass is 19.4. The molecule has 20 heavy (non-hydrogen) atoms. The zero-order chi connectivity index (χ0) is 15.0. The molecule has 0 saturated carbocycles. The van der Waals surface area contributed by atoms with Crippen LogP contribution in [0.15, 0.2) is 36.4 Å². The van der Waals surface area contributed by atoms with Crippen LogP contribution in [0.5, 0.6) is 11.5 Å². The van der Waals surface area contributed by atoms with Crippen molar-refractivity contribution in [1.29, 1.82) is 0 Å². The molecule has 0 unspecified atom stereocenters. The number of fused-ring (bicyclic) bond motifs is 1. The number of halogens is 6. The second kappa shape index (κ2) is 4.77. The van der Waals surface area contributed by atoms with E-state index in [1.165, 1.54) is 12.1 Å². The third-order valence-corrected chi connectivity index (χ3v) is 2.29. The molecule has 2 aromatic carbocycles. The van der Waals surface area contributed by atoms with E-state index >= 15 is 0 Å². The van der Waals surface area contributed by atoms with Crippen LogP contribution in [0.2, 0.25) is 0 Å². The van der Waals surface area contributed by atoms with Gasteiger partial charge in [0.05, 0.1) is 0 Å². The first kappa shape index (κ1) is 14.3. The Morgan fingerprint density at radius 3 is 1.25 bits per heavy atom. The van der Waals surface area contributed by atoms with Crippen LogP contribution < -0.4 is 9.47 Å². The van der Waals surface area contributed by atoms with Gasteiger partial charge in [-0.05, 0) is 12.1 Å². The standard InChI is InChI=1S/C12H6F6O2/c13-11(14,15)19-9-5-1-3-7-8(9)4-2-6-10(7)20-12(16,17)18/h1-6H. The van der Waals surface area contributed by atoms with Gasteiger partial charge in [-0.3, -0.25) is 0 Å². The summed E-state index contributed by atoms with van der Waals surface area (Å²) in [4.78, 5) is 0. The van der Waals surface area contributed by atoms with Gasteiger partial charge < -0.3 is 9.47 Å². The van der Waals surface area contributed by atoms with Crippen LogP contribution in [0, 0.1) is 0 Å². The summed E-state index contributed by atoms with van der Waals surface area (Å²) in [6.07, 6.45) is -9.87. The minimum atomic E-state index is -4.94. The van der Waals surface area contributed by atoms with Gasteiger partial charge in [0, 0.05) is 10.8 Å². The molecule has 0 radical (unpaired) electrons. The van der Waals surface area contributed by atoms with Crippen molar-refractivity contribution in [2.45, 2.75) is 12.7 Å². The van der Waals surface area contributed by atoms with E-state index in [1.54, 1.807) is 0 Å². The van der Waals surface area contributed by atoms with Crippen LogP contribution in [0.3, 0.4) is 0 Å². The minimum Gasteiger partial charge on any atom is -0.405 e. The van der Waals surface area contributed by atoms with E-state index in [2.05, 4.69) is 9.47 Å². The quantitative estimate of drug-likeness (QED) is 0.752. The Kier molecular flexibility index (Phi) is 3.41. The monoisotopic (exact) mass is 296 g/mol. The number of hydrogen-bond donors (Lipinski definition) is 0. The smallest absolute Gasteiger partial charge is 0.405 e. The zero-order valence-electron chi connectivity index (χ0n) is 9.55. The summed E-state index contributed by atoms with van der Waals surface area (Å²) in [5.41, 5.74) is 0. The largest absolute Gasteiger partial charge is 0.573 e. The molecule has 0 amide bonds. The van der Waals surface area contributed by atoms with Crippen molar-refractivity contribution in [3.63, 3.8) is 0 Å². The van der Waals surface area contributed by atoms with Crippen molar-refractivity contribution < 1.29 is 35.8 Å². The van der Waals surface area contributed by atoms with Gasteiger partial charge in [-0.15, -0.1) is 26.3 Å². The van der Waals surface area contributed by atoms with Gasteiger partial charge in [-0.2, -0.15) is 0 Å². The minimum absolute atomic E-state index is 0.133. The van der Waals surface area contributed by atoms with Gasteiger partial charge in [0.25, 0.3) is 0 Å². The Labute approximate surface area is 108 Å². The van der Waals surface area contributed by atoms with Crippen LogP contribution >= 0.6 is 0 Å². The molecule has 0 spiro atoms. The Balaban J connectivity index is 2.52. The van der Waals surface area contributed by atoms with E-state index in [4.69, 9.17) is 0 Å². The van der Waals surface area contributed by atoms with Crippen molar-refractivity contribution in [3.8, 4) is 11.5 Å². The summed E-state index contributed by atoms with van der Waals surface area (Å²) in [5.74, 6) is -1.19. The summed E-state index contributed by atoms with van der Waals surface area (Å²) in [6, 6.07) is 6.72. The first-order valence-electron chi connectivity index (χ1n) is 5.19. The lowest BCUT2D eigenvalue weighted by Crippen LogP contribution is -2.18. The molecular weight excluding hydrogens is 290 g/mol. The highest BCUT2D eigenvalue weighted by Crippen LogP contribution is 2.36. The molecule has 0 aliphatic carbocycles. The summed E-state index contributed by atoms with van der Waals surface area (Å²) in [5, 5.41) is -0.266. The molecule has 108 valence electrons. The molecule has 2 rings (SSSR count). The average Bonchev–Trinajstić information content (AvgIpc) is 2.26. The normalized spacial score (nSPS) is 12.5. The summed E-state index contributed by atoms with van der Waals surface area (Å²) in [7, 11) is 0. The summed E-state index contributed by atoms with van der Waals surface area (Å²) in [6.45, 7) is 0. The van der Waals surface area contributed by atoms with Gasteiger partial charge >= 0.3 is 12.7 Å². The van der Waals surface area contributed by atoms with Crippen LogP contribution in [0.1, 0.15) is 0 Å². The topological polar surface area (TPSA) is 18.5 Å². The molecule has 2 nitrogen and oxygen atoms in total. The van der Waals surface area contributed by atoms with Crippen molar-refractivity contribution in [3.05, 3.63) is 36.4 Å². The SMILES string of the molecule is FC(F)(F)Oc1cccc2c(OC(F)(F)F)cccc12. The first-order chi connectivity index (χ1) is 9.16. The van der Waals surface area contributed by atoms with Gasteiger partial charge in [-0.25, -0.2) is 0 Å². The molecule has 0 fully saturated rings. The maximum atomic E-state index is 12.2. The number of alkyl halides is 6. The maximum absolute atomic E-state index is 12.2. The molecule has 0 aliphatic rings. The maximum Gasteiger partial charge on any atom is 0.573 e. The van der Waals surface area contributed by atoms with E-state index < -0.39 is 24.2 Å². The fourth-order valence-corrected chi connectivity index (χ4v) is 1.68. The lowest BCUT2D eigenvalue weighted by molar-refractivity contribution is -0.275. The molecule has 0 heterocycles. The summed E-state index contributed by atoms with van der Waals surface area (Å²) >= 11 is 0. The van der Waals surface area contributed by atoms with Gasteiger partial charge in [0.2, 0.25) is 0 Å². The number of hydrogen-bond acceptors (Lipinski definition) is 2. The third kappa shape index (κ3) is 3.46. The van der Waals surface area contributed by atoms with Crippen molar-refractivity contribution >= 4 is 10.8 Å². The molecule has 0 bridgehead atoms. The molecule has 0 aliphatic heterocycles. The van der Waals surface area contributed by atoms with Crippen molar-refractivity contribution in [2.24, 2.45) is 0 Å². The van der Waals surface area contributed by atoms with Crippen molar-refractivity contribution in [1.82, 2.24) is 0 Å². The second-order valence-electron chi connectivity index (χ2n) is 3.70.